The quantitative estimate of drug-likeness (QED) is 0.196. The molecule has 11 nitrogen and oxygen atoms in total. The predicted molar refractivity (Wildman–Crippen MR) is 167 cm³/mol. The fraction of sp³-hybridized carbons (Fsp3) is 0.531. The van der Waals surface area contributed by atoms with Crippen molar-refractivity contribution in [2.75, 3.05) is 29.5 Å². The maximum Gasteiger partial charge on any atom is 0.269 e. The summed E-state index contributed by atoms with van der Waals surface area (Å²) in [7, 11) is -3.57. The van der Waals surface area contributed by atoms with Gasteiger partial charge in [-0.1, -0.05) is 19.1 Å². The highest BCUT2D eigenvalue weighted by atomic mass is 28.4. The van der Waals surface area contributed by atoms with Crippen LogP contribution in [0.5, 0.6) is 0 Å². The smallest absolute Gasteiger partial charge is 0.269 e. The topological polar surface area (TPSA) is 134 Å². The molecule has 0 unspecified atom stereocenters. The second kappa shape index (κ2) is 11.6. The number of amides is 3. The van der Waals surface area contributed by atoms with Gasteiger partial charge in [0.15, 0.2) is 5.60 Å². The standard InChI is InChI=1S/C32H39FN4O7Si/c1-20-30(45(2,3)33)27(17-29(40)35-13-5-9-24(35)19-38)44-32(20)25-16-23(37(42)43)11-12-26(25)36(31(32)41)18-21-7-4-8-22(15-21)34-14-6-10-28(34)39/h4,7-8,11-12,15-16,20,24,27,30,38H,5-6,9-10,13-14,17-19H2,1-3H3/t20-,24-,27+,30-,32+/m0/s1. The number of hydrogen-bond donors (Lipinski definition) is 1. The number of aliphatic hydroxyl groups excluding tert-OH is 1. The molecule has 5 atom stereocenters. The Hall–Kier alpha value is -3.68. The highest BCUT2D eigenvalue weighted by Gasteiger charge is 2.67. The van der Waals surface area contributed by atoms with Crippen molar-refractivity contribution in [1.29, 1.82) is 0 Å². The van der Waals surface area contributed by atoms with Crippen LogP contribution >= 0.6 is 0 Å². The van der Waals surface area contributed by atoms with Gasteiger partial charge in [-0.25, -0.2) is 0 Å². The van der Waals surface area contributed by atoms with E-state index in [1.54, 1.807) is 16.7 Å². The molecule has 240 valence electrons. The minimum absolute atomic E-state index is 0.0399. The molecule has 4 aliphatic rings. The summed E-state index contributed by atoms with van der Waals surface area (Å²) in [6.45, 7) is 5.87. The molecule has 45 heavy (non-hydrogen) atoms. The van der Waals surface area contributed by atoms with E-state index in [1.807, 2.05) is 24.3 Å². The molecule has 3 fully saturated rings. The Labute approximate surface area is 262 Å². The highest BCUT2D eigenvalue weighted by Crippen LogP contribution is 2.60. The van der Waals surface area contributed by atoms with E-state index in [2.05, 4.69) is 0 Å². The van der Waals surface area contributed by atoms with Crippen LogP contribution in [0.15, 0.2) is 42.5 Å². The molecule has 3 saturated heterocycles. The minimum Gasteiger partial charge on any atom is -0.394 e. The zero-order chi connectivity index (χ0) is 32.3. The second-order valence-corrected chi connectivity index (χ2v) is 17.0. The van der Waals surface area contributed by atoms with Crippen molar-refractivity contribution in [2.24, 2.45) is 5.92 Å². The molecule has 0 saturated carbocycles. The number of anilines is 2. The van der Waals surface area contributed by atoms with Crippen LogP contribution in [-0.2, 0) is 31.3 Å². The molecule has 0 aromatic heterocycles. The maximum absolute atomic E-state index is 16.2. The Balaban J connectivity index is 1.39. The Morgan fingerprint density at radius 3 is 2.62 bits per heavy atom. The molecular weight excluding hydrogens is 599 g/mol. The number of benzene rings is 2. The summed E-state index contributed by atoms with van der Waals surface area (Å²) in [6, 6.07) is 11.3. The second-order valence-electron chi connectivity index (χ2n) is 13.2. The van der Waals surface area contributed by atoms with E-state index in [1.165, 1.54) is 36.2 Å². The summed E-state index contributed by atoms with van der Waals surface area (Å²) in [5.74, 6) is -1.40. The highest BCUT2D eigenvalue weighted by molar-refractivity contribution is 6.72. The van der Waals surface area contributed by atoms with Gasteiger partial charge in [0.1, 0.15) is 0 Å². The molecule has 3 amide bonds. The van der Waals surface area contributed by atoms with Crippen molar-refractivity contribution in [3.05, 3.63) is 63.7 Å². The van der Waals surface area contributed by atoms with Gasteiger partial charge in [0.25, 0.3) is 11.6 Å². The van der Waals surface area contributed by atoms with Crippen LogP contribution in [0.4, 0.5) is 21.2 Å². The number of ether oxygens (including phenoxy) is 1. The number of likely N-dealkylation sites (tertiary alicyclic amines) is 1. The number of rotatable bonds is 8. The van der Waals surface area contributed by atoms with Crippen LogP contribution in [0, 0.1) is 16.0 Å². The average molecular weight is 639 g/mol. The largest absolute Gasteiger partial charge is 0.394 e. The van der Waals surface area contributed by atoms with E-state index < -0.39 is 42.4 Å². The summed E-state index contributed by atoms with van der Waals surface area (Å²) in [4.78, 5) is 56.8. The SMILES string of the molecule is C[C@H]1[C@H]([Si](C)(C)F)[C@@H](CC(=O)N2CCC[C@H]2CO)O[C@]12C(=O)N(Cc1cccc(N3CCCC3=O)c1)c1ccc([N+](=O)[O-])cc12. The van der Waals surface area contributed by atoms with Crippen molar-refractivity contribution < 1.29 is 33.3 Å². The zero-order valence-electron chi connectivity index (χ0n) is 25.8. The van der Waals surface area contributed by atoms with Gasteiger partial charge in [-0.15, -0.1) is 0 Å². The molecule has 0 bridgehead atoms. The lowest BCUT2D eigenvalue weighted by Gasteiger charge is -2.31. The summed E-state index contributed by atoms with van der Waals surface area (Å²) >= 11 is 0. The molecular formula is C32H39FN4O7Si. The van der Waals surface area contributed by atoms with Crippen molar-refractivity contribution in [1.82, 2.24) is 4.90 Å². The van der Waals surface area contributed by atoms with Crippen LogP contribution in [-0.4, -0.2) is 72.9 Å². The number of aliphatic hydroxyl groups is 1. The van der Waals surface area contributed by atoms with Crippen LogP contribution < -0.4 is 9.80 Å². The van der Waals surface area contributed by atoms with Crippen molar-refractivity contribution in [3.63, 3.8) is 0 Å². The number of carbonyl (C=O) groups is 3. The predicted octanol–water partition coefficient (Wildman–Crippen LogP) is 4.42. The van der Waals surface area contributed by atoms with E-state index in [9.17, 15) is 29.6 Å². The molecule has 0 radical (unpaired) electrons. The van der Waals surface area contributed by atoms with Crippen molar-refractivity contribution in [2.45, 2.75) is 82.0 Å². The molecule has 1 N–H and O–H groups in total. The van der Waals surface area contributed by atoms with Gasteiger partial charge in [0, 0.05) is 54.4 Å². The number of nitro benzene ring substituents is 1. The molecule has 4 heterocycles. The molecule has 2 aromatic rings. The third kappa shape index (κ3) is 5.24. The van der Waals surface area contributed by atoms with E-state index in [4.69, 9.17) is 4.74 Å². The third-order valence-corrected chi connectivity index (χ3v) is 12.5. The van der Waals surface area contributed by atoms with Gasteiger partial charge in [-0.05, 0) is 56.1 Å². The first-order valence-electron chi connectivity index (χ1n) is 15.6. The van der Waals surface area contributed by atoms with Gasteiger partial charge in [-0.3, -0.25) is 24.5 Å². The summed E-state index contributed by atoms with van der Waals surface area (Å²) in [5.41, 5.74) is -0.479. The average Bonchev–Trinajstić information content (AvgIpc) is 3.76. The number of fused-ring (bicyclic) bond motifs is 2. The lowest BCUT2D eigenvalue weighted by Crippen LogP contribution is -2.45. The van der Waals surface area contributed by atoms with Crippen LogP contribution in [0.1, 0.15) is 50.2 Å². The molecule has 1 spiro atoms. The fourth-order valence-corrected chi connectivity index (χ4v) is 10.6. The Morgan fingerprint density at radius 2 is 1.96 bits per heavy atom. The van der Waals surface area contributed by atoms with Gasteiger partial charge in [0.05, 0.1) is 42.3 Å². The number of carbonyl (C=O) groups excluding carboxylic acids is 3. The van der Waals surface area contributed by atoms with Crippen molar-refractivity contribution >= 4 is 43.2 Å². The van der Waals surface area contributed by atoms with Gasteiger partial charge < -0.3 is 28.7 Å². The number of nitro groups is 1. The van der Waals surface area contributed by atoms with E-state index in [0.29, 0.717) is 37.2 Å². The van der Waals surface area contributed by atoms with Crippen molar-refractivity contribution in [3.8, 4) is 0 Å². The molecule has 2 aromatic carbocycles. The molecule has 6 rings (SSSR count). The van der Waals surface area contributed by atoms with Gasteiger partial charge >= 0.3 is 0 Å². The Morgan fingerprint density at radius 1 is 1.18 bits per heavy atom. The van der Waals surface area contributed by atoms with Crippen LogP contribution in [0.2, 0.25) is 18.6 Å². The number of non-ortho nitro benzene ring substituents is 1. The Bertz CT molecular complexity index is 1550. The normalized spacial score (nSPS) is 28.1. The lowest BCUT2D eigenvalue weighted by atomic mass is 9.82. The van der Waals surface area contributed by atoms with E-state index in [0.717, 1.165) is 24.1 Å². The van der Waals surface area contributed by atoms with Gasteiger partial charge in [0.2, 0.25) is 20.2 Å². The number of halogens is 1. The Kier molecular flexibility index (Phi) is 8.07. The summed E-state index contributed by atoms with van der Waals surface area (Å²) in [5, 5.41) is 21.7. The first-order chi connectivity index (χ1) is 21.4. The fourth-order valence-electron chi connectivity index (χ4n) is 8.08. The maximum atomic E-state index is 16.2. The molecule has 0 aliphatic carbocycles. The van der Waals surface area contributed by atoms with E-state index >= 15 is 4.11 Å². The first kappa shape index (κ1) is 31.3. The minimum atomic E-state index is -3.57. The van der Waals surface area contributed by atoms with E-state index in [-0.39, 0.29) is 43.1 Å². The molecule has 4 aliphatic heterocycles. The number of hydrogen-bond acceptors (Lipinski definition) is 7. The first-order valence-corrected chi connectivity index (χ1v) is 18.6. The number of nitrogens with zero attached hydrogens (tertiary/aromatic N) is 4. The van der Waals surface area contributed by atoms with Crippen LogP contribution in [0.3, 0.4) is 0 Å². The van der Waals surface area contributed by atoms with Gasteiger partial charge in [-0.2, -0.15) is 0 Å². The third-order valence-electron chi connectivity index (χ3n) is 10.1. The summed E-state index contributed by atoms with van der Waals surface area (Å²) in [6.07, 6.45) is 1.60. The zero-order valence-corrected chi connectivity index (χ0v) is 26.8. The molecule has 13 heteroatoms. The lowest BCUT2D eigenvalue weighted by molar-refractivity contribution is -0.385. The van der Waals surface area contributed by atoms with Crippen LogP contribution in [0.25, 0.3) is 0 Å². The summed E-state index contributed by atoms with van der Waals surface area (Å²) < 4.78 is 22.8. The monoisotopic (exact) mass is 638 g/mol.